The van der Waals surface area contributed by atoms with Gasteiger partial charge in [-0.25, -0.2) is 0 Å². The van der Waals surface area contributed by atoms with E-state index < -0.39 is 0 Å². The van der Waals surface area contributed by atoms with Gasteiger partial charge in [0.25, 0.3) is 0 Å². The molecule has 0 radical (unpaired) electrons. The maximum absolute atomic E-state index is 12.5. The summed E-state index contributed by atoms with van der Waals surface area (Å²) in [5.74, 6) is 0.274. The minimum atomic E-state index is 0.274. The number of benzene rings is 1. The fraction of sp³-hybridized carbons (Fsp3) is 0.632. The third kappa shape index (κ3) is 5.05. The number of carbonyl (C=O) groups is 1. The maximum Gasteiger partial charge on any atom is 0.223 e. The number of rotatable bonds is 6. The van der Waals surface area contributed by atoms with Gasteiger partial charge in [-0.2, -0.15) is 0 Å². The summed E-state index contributed by atoms with van der Waals surface area (Å²) in [4.78, 5) is 17.0. The standard InChI is InChI=1S/C19H30N2O2/c1-15-5-7-18(8-6-15)9-10-19(22)20-13-16(2)21(11-12-23-4)17(3)14-20/h5-8,16-17H,9-14H2,1-4H3. The Labute approximate surface area is 140 Å². The average Bonchev–Trinajstić information content (AvgIpc) is 2.53. The highest BCUT2D eigenvalue weighted by Gasteiger charge is 2.31. The smallest absolute Gasteiger partial charge is 0.223 e. The van der Waals surface area contributed by atoms with Crippen LogP contribution in [0.1, 0.15) is 31.4 Å². The van der Waals surface area contributed by atoms with Crippen LogP contribution in [-0.2, 0) is 16.0 Å². The Morgan fingerprint density at radius 1 is 1.17 bits per heavy atom. The topological polar surface area (TPSA) is 32.8 Å². The molecule has 2 rings (SSSR count). The summed E-state index contributed by atoms with van der Waals surface area (Å²) in [5, 5.41) is 0. The van der Waals surface area contributed by atoms with Crippen LogP contribution in [0.2, 0.25) is 0 Å². The van der Waals surface area contributed by atoms with Gasteiger partial charge in [-0.05, 0) is 32.8 Å². The van der Waals surface area contributed by atoms with Crippen molar-refractivity contribution in [3.63, 3.8) is 0 Å². The minimum Gasteiger partial charge on any atom is -0.383 e. The third-order valence-corrected chi connectivity index (χ3v) is 4.76. The monoisotopic (exact) mass is 318 g/mol. The molecule has 0 spiro atoms. The molecule has 0 aliphatic carbocycles. The van der Waals surface area contributed by atoms with Gasteiger partial charge in [-0.15, -0.1) is 0 Å². The summed E-state index contributed by atoms with van der Waals surface area (Å²) in [6, 6.07) is 9.24. The van der Waals surface area contributed by atoms with E-state index in [9.17, 15) is 4.79 Å². The second-order valence-corrected chi connectivity index (χ2v) is 6.71. The molecule has 2 atom stereocenters. The van der Waals surface area contributed by atoms with Crippen LogP contribution in [0.3, 0.4) is 0 Å². The molecule has 0 N–H and O–H groups in total. The number of methoxy groups -OCH3 is 1. The Hall–Kier alpha value is -1.39. The fourth-order valence-corrected chi connectivity index (χ4v) is 3.36. The van der Waals surface area contributed by atoms with Gasteiger partial charge < -0.3 is 9.64 Å². The lowest BCUT2D eigenvalue weighted by atomic mass is 10.0. The first-order valence-electron chi connectivity index (χ1n) is 8.59. The largest absolute Gasteiger partial charge is 0.383 e. The lowest BCUT2D eigenvalue weighted by molar-refractivity contribution is -0.135. The molecule has 128 valence electrons. The first-order valence-corrected chi connectivity index (χ1v) is 8.59. The van der Waals surface area contributed by atoms with Crippen molar-refractivity contribution in [2.24, 2.45) is 0 Å². The number of amides is 1. The molecule has 0 aromatic heterocycles. The van der Waals surface area contributed by atoms with Crippen molar-refractivity contribution in [1.29, 1.82) is 0 Å². The van der Waals surface area contributed by atoms with Crippen molar-refractivity contribution in [1.82, 2.24) is 9.80 Å². The Morgan fingerprint density at radius 3 is 2.35 bits per heavy atom. The van der Waals surface area contributed by atoms with Crippen molar-refractivity contribution in [3.05, 3.63) is 35.4 Å². The Kier molecular flexibility index (Phi) is 6.60. The number of carbonyl (C=O) groups excluding carboxylic acids is 1. The van der Waals surface area contributed by atoms with Crippen LogP contribution in [-0.4, -0.2) is 61.1 Å². The van der Waals surface area contributed by atoms with Gasteiger partial charge in [0, 0.05) is 45.2 Å². The minimum absolute atomic E-state index is 0.274. The number of nitrogens with zero attached hydrogens (tertiary/aromatic N) is 2. The van der Waals surface area contributed by atoms with E-state index in [1.165, 1.54) is 11.1 Å². The van der Waals surface area contributed by atoms with Gasteiger partial charge in [-0.3, -0.25) is 9.69 Å². The fourth-order valence-electron chi connectivity index (χ4n) is 3.36. The third-order valence-electron chi connectivity index (χ3n) is 4.76. The Balaban J connectivity index is 1.84. The SMILES string of the molecule is COCCN1C(C)CN(C(=O)CCc2ccc(C)cc2)CC1C. The van der Waals surface area contributed by atoms with Crippen LogP contribution in [0.5, 0.6) is 0 Å². The van der Waals surface area contributed by atoms with E-state index in [1.807, 2.05) is 4.90 Å². The molecular formula is C19H30N2O2. The first-order chi connectivity index (χ1) is 11.0. The molecule has 1 aromatic carbocycles. The number of hydrogen-bond donors (Lipinski definition) is 0. The molecule has 4 nitrogen and oxygen atoms in total. The van der Waals surface area contributed by atoms with Crippen molar-refractivity contribution in [3.8, 4) is 0 Å². The number of piperazine rings is 1. The molecular weight excluding hydrogens is 288 g/mol. The molecule has 23 heavy (non-hydrogen) atoms. The molecule has 1 saturated heterocycles. The molecule has 0 saturated carbocycles. The van der Waals surface area contributed by atoms with Gasteiger partial charge in [0.15, 0.2) is 0 Å². The highest BCUT2D eigenvalue weighted by molar-refractivity contribution is 5.76. The van der Waals surface area contributed by atoms with Gasteiger partial charge >= 0.3 is 0 Å². The summed E-state index contributed by atoms with van der Waals surface area (Å²) < 4.78 is 5.19. The predicted molar refractivity (Wildman–Crippen MR) is 93.6 cm³/mol. The van der Waals surface area contributed by atoms with Crippen LogP contribution in [0.15, 0.2) is 24.3 Å². The van der Waals surface area contributed by atoms with Crippen LogP contribution in [0, 0.1) is 6.92 Å². The molecule has 1 heterocycles. The van der Waals surface area contributed by atoms with Crippen LogP contribution in [0.25, 0.3) is 0 Å². The summed E-state index contributed by atoms with van der Waals surface area (Å²) in [6.07, 6.45) is 1.42. The van der Waals surface area contributed by atoms with Gasteiger partial charge in [0.2, 0.25) is 5.91 Å². The summed E-state index contributed by atoms with van der Waals surface area (Å²) >= 11 is 0. The molecule has 2 unspecified atom stereocenters. The quantitative estimate of drug-likeness (QED) is 0.808. The normalized spacial score (nSPS) is 22.3. The average molecular weight is 318 g/mol. The van der Waals surface area contributed by atoms with E-state index >= 15 is 0 Å². The zero-order valence-electron chi connectivity index (χ0n) is 14.9. The first kappa shape index (κ1) is 18.0. The van der Waals surface area contributed by atoms with E-state index in [-0.39, 0.29) is 5.91 Å². The highest BCUT2D eigenvalue weighted by atomic mass is 16.5. The van der Waals surface area contributed by atoms with E-state index in [0.717, 1.165) is 32.7 Å². The van der Waals surface area contributed by atoms with Crippen LogP contribution < -0.4 is 0 Å². The van der Waals surface area contributed by atoms with Crippen LogP contribution >= 0.6 is 0 Å². The lowest BCUT2D eigenvalue weighted by Crippen LogP contribution is -2.58. The molecule has 4 heteroatoms. The number of aryl methyl sites for hydroxylation is 2. The van der Waals surface area contributed by atoms with E-state index in [0.29, 0.717) is 18.5 Å². The zero-order chi connectivity index (χ0) is 16.8. The van der Waals surface area contributed by atoms with Gasteiger partial charge in [-0.1, -0.05) is 29.8 Å². The van der Waals surface area contributed by atoms with Crippen molar-refractivity contribution in [2.75, 3.05) is 33.4 Å². The van der Waals surface area contributed by atoms with E-state index in [1.54, 1.807) is 7.11 Å². The zero-order valence-corrected chi connectivity index (χ0v) is 14.9. The molecule has 1 aliphatic heterocycles. The van der Waals surface area contributed by atoms with E-state index in [4.69, 9.17) is 4.74 Å². The summed E-state index contributed by atoms with van der Waals surface area (Å²) in [7, 11) is 1.74. The molecule has 1 fully saturated rings. The van der Waals surface area contributed by atoms with E-state index in [2.05, 4.69) is 49.9 Å². The van der Waals surface area contributed by atoms with Crippen molar-refractivity contribution >= 4 is 5.91 Å². The highest BCUT2D eigenvalue weighted by Crippen LogP contribution is 2.17. The van der Waals surface area contributed by atoms with Crippen molar-refractivity contribution in [2.45, 2.75) is 45.7 Å². The van der Waals surface area contributed by atoms with Gasteiger partial charge in [0.05, 0.1) is 6.61 Å². The molecule has 1 amide bonds. The molecule has 1 aliphatic rings. The molecule has 1 aromatic rings. The van der Waals surface area contributed by atoms with Gasteiger partial charge in [0.1, 0.15) is 0 Å². The number of ether oxygens (including phenoxy) is 1. The molecule has 0 bridgehead atoms. The second kappa shape index (κ2) is 8.46. The Bertz CT molecular complexity index is 489. The second-order valence-electron chi connectivity index (χ2n) is 6.71. The van der Waals surface area contributed by atoms with Crippen LogP contribution in [0.4, 0.5) is 0 Å². The summed E-state index contributed by atoms with van der Waals surface area (Å²) in [6.45, 7) is 9.81. The Morgan fingerprint density at radius 2 is 1.78 bits per heavy atom. The predicted octanol–water partition coefficient (Wildman–Crippen LogP) is 2.50. The van der Waals surface area contributed by atoms with Crippen molar-refractivity contribution < 1.29 is 9.53 Å². The number of hydrogen-bond acceptors (Lipinski definition) is 3. The summed E-state index contributed by atoms with van der Waals surface area (Å²) in [5.41, 5.74) is 2.50. The maximum atomic E-state index is 12.5. The lowest BCUT2D eigenvalue weighted by Gasteiger charge is -2.44.